The van der Waals surface area contributed by atoms with Crippen LogP contribution in [-0.2, 0) is 0 Å². The van der Waals surface area contributed by atoms with Gasteiger partial charge in [-0.2, -0.15) is 0 Å². The van der Waals surface area contributed by atoms with E-state index in [-0.39, 0.29) is 6.17 Å². The third kappa shape index (κ3) is 3.43. The number of likely N-dealkylation sites (tertiary alicyclic amines) is 1. The lowest BCUT2D eigenvalue weighted by Crippen LogP contribution is -2.45. The Bertz CT molecular complexity index is 476. The molecule has 2 aliphatic rings. The van der Waals surface area contributed by atoms with Gasteiger partial charge in [0.25, 0.3) is 0 Å². The van der Waals surface area contributed by atoms with E-state index in [1.165, 1.54) is 25.9 Å². The summed E-state index contributed by atoms with van der Waals surface area (Å²) in [5.74, 6) is 0. The van der Waals surface area contributed by atoms with Crippen LogP contribution in [0.1, 0.15) is 18.5 Å². The van der Waals surface area contributed by atoms with Crippen LogP contribution in [0.15, 0.2) is 35.6 Å². The number of nitrogens with zero attached hydrogens (tertiary/aromatic N) is 3. The molecule has 1 atom stereocenters. The number of nitrogens with one attached hydrogen (secondary N) is 2. The number of aliphatic imine (C=N–C) groups is 1. The smallest absolute Gasteiger partial charge is 0.113 e. The Morgan fingerprint density at radius 3 is 2.90 bits per heavy atom. The van der Waals surface area contributed by atoms with E-state index >= 15 is 0 Å². The fourth-order valence-electron chi connectivity index (χ4n) is 2.55. The van der Waals surface area contributed by atoms with E-state index in [0.717, 1.165) is 24.5 Å². The van der Waals surface area contributed by atoms with Crippen molar-refractivity contribution in [2.75, 3.05) is 26.2 Å². The lowest BCUT2D eigenvalue weighted by atomic mass is 10.2. The van der Waals surface area contributed by atoms with Crippen LogP contribution in [0, 0.1) is 0 Å². The first-order valence-corrected chi connectivity index (χ1v) is 7.29. The Labute approximate surface area is 119 Å². The van der Waals surface area contributed by atoms with Gasteiger partial charge in [-0.15, -0.1) is 0 Å². The fourth-order valence-corrected chi connectivity index (χ4v) is 2.55. The number of hydrogen-bond acceptors (Lipinski definition) is 5. The highest BCUT2D eigenvalue weighted by Crippen LogP contribution is 2.13. The second kappa shape index (κ2) is 6.63. The van der Waals surface area contributed by atoms with Crippen LogP contribution in [0.25, 0.3) is 5.70 Å². The van der Waals surface area contributed by atoms with Crippen molar-refractivity contribution in [3.05, 3.63) is 36.3 Å². The van der Waals surface area contributed by atoms with Crippen molar-refractivity contribution in [2.24, 2.45) is 4.99 Å². The second-order valence-corrected chi connectivity index (χ2v) is 5.17. The van der Waals surface area contributed by atoms with Gasteiger partial charge in [-0.1, -0.05) is 6.07 Å². The van der Waals surface area contributed by atoms with Crippen LogP contribution in [0.2, 0.25) is 0 Å². The maximum absolute atomic E-state index is 4.47. The van der Waals surface area contributed by atoms with Crippen molar-refractivity contribution >= 4 is 11.9 Å². The molecule has 0 bridgehead atoms. The molecule has 1 unspecified atom stereocenters. The molecule has 2 aliphatic heterocycles. The zero-order valence-corrected chi connectivity index (χ0v) is 11.6. The van der Waals surface area contributed by atoms with Crippen LogP contribution >= 0.6 is 0 Å². The van der Waals surface area contributed by atoms with Crippen LogP contribution in [-0.4, -0.2) is 48.4 Å². The highest BCUT2D eigenvalue weighted by Gasteiger charge is 2.13. The van der Waals surface area contributed by atoms with Crippen LogP contribution in [0.5, 0.6) is 0 Å². The van der Waals surface area contributed by atoms with Crippen molar-refractivity contribution in [2.45, 2.75) is 19.0 Å². The molecule has 0 saturated carbocycles. The highest BCUT2D eigenvalue weighted by molar-refractivity contribution is 5.77. The lowest BCUT2D eigenvalue weighted by Gasteiger charge is -2.21. The second-order valence-electron chi connectivity index (χ2n) is 5.17. The summed E-state index contributed by atoms with van der Waals surface area (Å²) in [7, 11) is 0. The minimum absolute atomic E-state index is 0.116. The van der Waals surface area contributed by atoms with Gasteiger partial charge in [0.2, 0.25) is 0 Å². The zero-order valence-electron chi connectivity index (χ0n) is 11.6. The summed E-state index contributed by atoms with van der Waals surface area (Å²) < 4.78 is 0. The van der Waals surface area contributed by atoms with E-state index in [2.05, 4.69) is 25.5 Å². The minimum Gasteiger partial charge on any atom is -0.369 e. The van der Waals surface area contributed by atoms with E-state index in [0.29, 0.717) is 0 Å². The normalized spacial score (nSPS) is 22.6. The monoisotopic (exact) mass is 271 g/mol. The number of pyridine rings is 1. The Morgan fingerprint density at radius 1 is 1.30 bits per heavy atom. The number of aromatic nitrogens is 1. The molecular formula is C15H21N5. The molecule has 3 heterocycles. The van der Waals surface area contributed by atoms with Gasteiger partial charge in [0.15, 0.2) is 0 Å². The summed E-state index contributed by atoms with van der Waals surface area (Å²) in [6.07, 6.45) is 8.43. The van der Waals surface area contributed by atoms with Gasteiger partial charge in [0.1, 0.15) is 11.9 Å². The number of rotatable bonds is 5. The fraction of sp³-hybridized carbons (Fsp3) is 0.467. The molecule has 0 aliphatic carbocycles. The molecule has 5 nitrogen and oxygen atoms in total. The summed E-state index contributed by atoms with van der Waals surface area (Å²) in [5.41, 5.74) is 1.77. The van der Waals surface area contributed by atoms with Crippen LogP contribution in [0.3, 0.4) is 0 Å². The molecule has 3 rings (SSSR count). The first kappa shape index (κ1) is 13.3. The van der Waals surface area contributed by atoms with E-state index in [1.807, 2.05) is 30.6 Å². The zero-order chi connectivity index (χ0) is 13.6. The van der Waals surface area contributed by atoms with Crippen molar-refractivity contribution in [1.29, 1.82) is 0 Å². The Hall–Kier alpha value is -1.72. The van der Waals surface area contributed by atoms with E-state index in [4.69, 9.17) is 0 Å². The number of hydrogen-bond donors (Lipinski definition) is 2. The van der Waals surface area contributed by atoms with E-state index < -0.39 is 0 Å². The largest absolute Gasteiger partial charge is 0.369 e. The quantitative estimate of drug-likeness (QED) is 0.841. The Balaban J connectivity index is 1.44. The van der Waals surface area contributed by atoms with Crippen molar-refractivity contribution in [3.8, 4) is 0 Å². The topological polar surface area (TPSA) is 52.6 Å². The van der Waals surface area contributed by atoms with Gasteiger partial charge >= 0.3 is 0 Å². The lowest BCUT2D eigenvalue weighted by molar-refractivity contribution is 0.331. The van der Waals surface area contributed by atoms with Gasteiger partial charge < -0.3 is 10.2 Å². The van der Waals surface area contributed by atoms with Crippen molar-refractivity contribution < 1.29 is 0 Å². The molecule has 106 valence electrons. The molecule has 2 N–H and O–H groups in total. The maximum atomic E-state index is 4.47. The minimum atomic E-state index is 0.116. The Kier molecular flexibility index (Phi) is 4.40. The van der Waals surface area contributed by atoms with Gasteiger partial charge in [0.05, 0.1) is 5.69 Å². The summed E-state index contributed by atoms with van der Waals surface area (Å²) in [6, 6.07) is 5.85. The molecule has 1 aromatic rings. The van der Waals surface area contributed by atoms with Crippen LogP contribution in [0.4, 0.5) is 0 Å². The standard InChI is InChI=1S/C15H21N5/c1-2-6-16-13(5-1)14-11-19-15(12-18-14)17-7-10-20-8-3-4-9-20/h1-2,5-6,11-12,15,17,19H,3-4,7-10H2. The highest BCUT2D eigenvalue weighted by atomic mass is 15.2. The Morgan fingerprint density at radius 2 is 2.20 bits per heavy atom. The summed E-state index contributed by atoms with van der Waals surface area (Å²) in [4.78, 5) is 11.3. The van der Waals surface area contributed by atoms with Crippen molar-refractivity contribution in [1.82, 2.24) is 20.5 Å². The summed E-state index contributed by atoms with van der Waals surface area (Å²) in [6.45, 7) is 4.59. The molecule has 5 heteroatoms. The first-order valence-electron chi connectivity index (χ1n) is 7.29. The average molecular weight is 271 g/mol. The summed E-state index contributed by atoms with van der Waals surface area (Å²) >= 11 is 0. The molecule has 0 spiro atoms. The SMILES string of the molecule is C1=NC(c2ccccn2)=CNC1NCCN1CCCC1. The van der Waals surface area contributed by atoms with Gasteiger partial charge in [-0.05, 0) is 38.1 Å². The molecule has 20 heavy (non-hydrogen) atoms. The molecular weight excluding hydrogens is 250 g/mol. The third-order valence-electron chi connectivity index (χ3n) is 3.68. The summed E-state index contributed by atoms with van der Waals surface area (Å²) in [5, 5.41) is 6.77. The third-order valence-corrected chi connectivity index (χ3v) is 3.68. The van der Waals surface area contributed by atoms with Crippen molar-refractivity contribution in [3.63, 3.8) is 0 Å². The average Bonchev–Trinajstić information content (AvgIpc) is 3.02. The first-order chi connectivity index (χ1) is 9.92. The molecule has 1 aromatic heterocycles. The molecule has 0 aromatic carbocycles. The molecule has 1 fully saturated rings. The van der Waals surface area contributed by atoms with Crippen LogP contribution < -0.4 is 10.6 Å². The molecule has 1 saturated heterocycles. The van der Waals surface area contributed by atoms with Gasteiger partial charge in [-0.3, -0.25) is 15.3 Å². The molecule has 0 radical (unpaired) electrons. The van der Waals surface area contributed by atoms with Gasteiger partial charge in [-0.25, -0.2) is 0 Å². The van der Waals surface area contributed by atoms with E-state index in [1.54, 1.807) is 6.20 Å². The maximum Gasteiger partial charge on any atom is 0.113 e. The molecule has 0 amide bonds. The predicted octanol–water partition coefficient (Wildman–Crippen LogP) is 1.07. The van der Waals surface area contributed by atoms with Gasteiger partial charge in [0, 0.05) is 31.7 Å². The predicted molar refractivity (Wildman–Crippen MR) is 81.3 cm³/mol. The van der Waals surface area contributed by atoms with E-state index in [9.17, 15) is 0 Å².